The normalized spacial score (nSPS) is 15.1. The SMILES string of the molecule is CCC(C)OC(=O)C(C)(CC#CCN)C(=O)O. The molecule has 17 heavy (non-hydrogen) atoms. The second-order valence-electron chi connectivity index (χ2n) is 4.00. The molecule has 0 rings (SSSR count). The van der Waals surface area contributed by atoms with Gasteiger partial charge in [0.25, 0.3) is 0 Å². The molecule has 0 aromatic carbocycles. The average Bonchev–Trinajstić information content (AvgIpc) is 2.28. The maximum absolute atomic E-state index is 11.8. The Balaban J connectivity index is 4.82. The Hall–Kier alpha value is -1.54. The molecule has 2 unspecified atom stereocenters. The van der Waals surface area contributed by atoms with Gasteiger partial charge in [-0.05, 0) is 20.3 Å². The van der Waals surface area contributed by atoms with Gasteiger partial charge in [0.2, 0.25) is 0 Å². The first-order valence-corrected chi connectivity index (χ1v) is 5.48. The molecule has 0 saturated heterocycles. The zero-order valence-corrected chi connectivity index (χ0v) is 10.4. The van der Waals surface area contributed by atoms with Crippen LogP contribution in [0, 0.1) is 17.3 Å². The maximum atomic E-state index is 11.8. The Morgan fingerprint density at radius 2 is 2.06 bits per heavy atom. The highest BCUT2D eigenvalue weighted by molar-refractivity contribution is 5.99. The fourth-order valence-corrected chi connectivity index (χ4v) is 0.943. The average molecular weight is 241 g/mol. The molecule has 0 heterocycles. The number of ether oxygens (including phenoxy) is 1. The Kier molecular flexibility index (Phi) is 6.29. The van der Waals surface area contributed by atoms with E-state index in [1.807, 2.05) is 6.92 Å². The molecule has 0 radical (unpaired) electrons. The number of nitrogens with two attached hydrogens (primary N) is 1. The molecule has 5 nitrogen and oxygen atoms in total. The van der Waals surface area contributed by atoms with Crippen molar-refractivity contribution in [3.05, 3.63) is 0 Å². The molecule has 0 aromatic heterocycles. The minimum atomic E-state index is -1.63. The van der Waals surface area contributed by atoms with Crippen LogP contribution in [0.5, 0.6) is 0 Å². The first-order valence-electron chi connectivity index (χ1n) is 5.48. The van der Waals surface area contributed by atoms with Crippen molar-refractivity contribution in [3.63, 3.8) is 0 Å². The van der Waals surface area contributed by atoms with Crippen molar-refractivity contribution in [2.24, 2.45) is 11.1 Å². The molecular weight excluding hydrogens is 222 g/mol. The Labute approximate surface area is 101 Å². The van der Waals surface area contributed by atoms with Gasteiger partial charge in [-0.25, -0.2) is 0 Å². The zero-order valence-electron chi connectivity index (χ0n) is 10.4. The van der Waals surface area contributed by atoms with Gasteiger partial charge in [-0.15, -0.1) is 5.92 Å². The zero-order chi connectivity index (χ0) is 13.5. The van der Waals surface area contributed by atoms with Crippen LogP contribution in [-0.2, 0) is 14.3 Å². The molecular formula is C12H19NO4. The highest BCUT2D eigenvalue weighted by Gasteiger charge is 2.43. The van der Waals surface area contributed by atoms with E-state index in [9.17, 15) is 9.59 Å². The number of carbonyl (C=O) groups excluding carboxylic acids is 1. The highest BCUT2D eigenvalue weighted by Crippen LogP contribution is 2.24. The van der Waals surface area contributed by atoms with Gasteiger partial charge in [-0.1, -0.05) is 12.8 Å². The van der Waals surface area contributed by atoms with E-state index in [1.54, 1.807) is 6.92 Å². The Morgan fingerprint density at radius 3 is 2.47 bits per heavy atom. The summed E-state index contributed by atoms with van der Waals surface area (Å²) >= 11 is 0. The summed E-state index contributed by atoms with van der Waals surface area (Å²) in [5, 5.41) is 9.09. The highest BCUT2D eigenvalue weighted by atomic mass is 16.5. The maximum Gasteiger partial charge on any atom is 0.324 e. The number of hydrogen-bond acceptors (Lipinski definition) is 4. The number of hydrogen-bond donors (Lipinski definition) is 2. The van der Waals surface area contributed by atoms with Gasteiger partial charge in [-0.3, -0.25) is 9.59 Å². The predicted molar refractivity (Wildman–Crippen MR) is 63.0 cm³/mol. The summed E-state index contributed by atoms with van der Waals surface area (Å²) in [6, 6.07) is 0. The topological polar surface area (TPSA) is 89.6 Å². The van der Waals surface area contributed by atoms with E-state index in [4.69, 9.17) is 15.6 Å². The summed E-state index contributed by atoms with van der Waals surface area (Å²) in [7, 11) is 0. The number of carbonyl (C=O) groups is 2. The van der Waals surface area contributed by atoms with Crippen LogP contribution in [0.15, 0.2) is 0 Å². The third-order valence-electron chi connectivity index (χ3n) is 2.47. The van der Waals surface area contributed by atoms with E-state index < -0.39 is 17.4 Å². The van der Waals surface area contributed by atoms with Gasteiger partial charge in [-0.2, -0.15) is 0 Å². The second-order valence-corrected chi connectivity index (χ2v) is 4.00. The molecule has 5 heteroatoms. The number of carboxylic acid groups (broad SMARTS) is 1. The quantitative estimate of drug-likeness (QED) is 0.421. The summed E-state index contributed by atoms with van der Waals surface area (Å²) in [5.74, 6) is 3.11. The van der Waals surface area contributed by atoms with Crippen LogP contribution in [0.4, 0.5) is 0 Å². The first-order chi connectivity index (χ1) is 7.88. The number of aliphatic carboxylic acids is 1. The van der Waals surface area contributed by atoms with E-state index in [0.29, 0.717) is 6.42 Å². The van der Waals surface area contributed by atoms with Gasteiger partial charge < -0.3 is 15.6 Å². The molecule has 0 aromatic rings. The fourth-order valence-electron chi connectivity index (χ4n) is 0.943. The third kappa shape index (κ3) is 4.45. The van der Waals surface area contributed by atoms with Crippen LogP contribution in [0.3, 0.4) is 0 Å². The van der Waals surface area contributed by atoms with Crippen molar-refractivity contribution in [1.82, 2.24) is 0 Å². The van der Waals surface area contributed by atoms with Crippen LogP contribution in [-0.4, -0.2) is 29.7 Å². The van der Waals surface area contributed by atoms with Gasteiger partial charge in [0.15, 0.2) is 5.41 Å². The lowest BCUT2D eigenvalue weighted by Crippen LogP contribution is -2.39. The predicted octanol–water partition coefficient (Wildman–Crippen LogP) is 0.771. The number of esters is 1. The van der Waals surface area contributed by atoms with Crippen molar-refractivity contribution < 1.29 is 19.4 Å². The molecule has 0 saturated carbocycles. The first kappa shape index (κ1) is 15.5. The van der Waals surface area contributed by atoms with E-state index in [-0.39, 0.29) is 19.1 Å². The standard InChI is InChI=1S/C12H19NO4/c1-4-9(2)17-11(16)12(3,10(14)15)7-5-6-8-13/h9H,4,7-8,13H2,1-3H3,(H,14,15). The molecule has 3 N–H and O–H groups in total. The Bertz CT molecular complexity index is 342. The summed E-state index contributed by atoms with van der Waals surface area (Å²) in [4.78, 5) is 22.9. The van der Waals surface area contributed by atoms with E-state index in [2.05, 4.69) is 11.8 Å². The van der Waals surface area contributed by atoms with E-state index in [0.717, 1.165) is 0 Å². The van der Waals surface area contributed by atoms with E-state index >= 15 is 0 Å². The smallest absolute Gasteiger partial charge is 0.324 e. The van der Waals surface area contributed by atoms with Crippen LogP contribution in [0.25, 0.3) is 0 Å². The van der Waals surface area contributed by atoms with Crippen LogP contribution >= 0.6 is 0 Å². The largest absolute Gasteiger partial charge is 0.480 e. The molecule has 2 atom stereocenters. The number of carboxylic acids is 1. The van der Waals surface area contributed by atoms with Crippen LogP contribution in [0.2, 0.25) is 0 Å². The molecule has 0 aliphatic rings. The molecule has 0 amide bonds. The van der Waals surface area contributed by atoms with E-state index in [1.165, 1.54) is 6.92 Å². The van der Waals surface area contributed by atoms with Gasteiger partial charge in [0.1, 0.15) is 0 Å². The lowest BCUT2D eigenvalue weighted by molar-refractivity contribution is -0.170. The van der Waals surface area contributed by atoms with Crippen molar-refractivity contribution in [2.45, 2.75) is 39.7 Å². The molecule has 0 bridgehead atoms. The fraction of sp³-hybridized carbons (Fsp3) is 0.667. The molecule has 96 valence electrons. The molecule has 0 spiro atoms. The summed E-state index contributed by atoms with van der Waals surface area (Å²) in [6.07, 6.45) is 0.230. The molecule has 0 fully saturated rings. The monoisotopic (exact) mass is 241 g/mol. The van der Waals surface area contributed by atoms with Gasteiger partial charge in [0, 0.05) is 6.42 Å². The Morgan fingerprint density at radius 1 is 1.47 bits per heavy atom. The summed E-state index contributed by atoms with van der Waals surface area (Å²) in [6.45, 7) is 5.01. The lowest BCUT2D eigenvalue weighted by Gasteiger charge is -2.22. The van der Waals surface area contributed by atoms with Crippen molar-refractivity contribution in [1.29, 1.82) is 0 Å². The lowest BCUT2D eigenvalue weighted by atomic mass is 9.87. The summed E-state index contributed by atoms with van der Waals surface area (Å²) < 4.78 is 5.04. The third-order valence-corrected chi connectivity index (χ3v) is 2.47. The minimum Gasteiger partial charge on any atom is -0.480 e. The minimum absolute atomic E-state index is 0.102. The van der Waals surface area contributed by atoms with Crippen molar-refractivity contribution >= 4 is 11.9 Å². The number of rotatable bonds is 5. The molecule has 0 aliphatic carbocycles. The van der Waals surface area contributed by atoms with Gasteiger partial charge >= 0.3 is 11.9 Å². The molecule has 0 aliphatic heterocycles. The van der Waals surface area contributed by atoms with Crippen LogP contribution < -0.4 is 5.73 Å². The summed E-state index contributed by atoms with van der Waals surface area (Å²) in [5.41, 5.74) is 3.54. The van der Waals surface area contributed by atoms with Gasteiger partial charge in [0.05, 0.1) is 12.6 Å². The second kappa shape index (κ2) is 6.92. The van der Waals surface area contributed by atoms with Crippen molar-refractivity contribution in [3.8, 4) is 11.8 Å². The van der Waals surface area contributed by atoms with Crippen LogP contribution in [0.1, 0.15) is 33.6 Å². The van der Waals surface area contributed by atoms with Crippen molar-refractivity contribution in [2.75, 3.05) is 6.54 Å².